The van der Waals surface area contributed by atoms with Gasteiger partial charge in [0.25, 0.3) is 0 Å². The van der Waals surface area contributed by atoms with Crippen LogP contribution in [-0.4, -0.2) is 63.2 Å². The molecule has 11 heteroatoms. The molecule has 1 aliphatic heterocycles. The standard InChI is InChI=1S/C26H36N6O4S/c1-6-21(22-9-7-8-10-36-22)32-23(30-31-26(32)20-11-17(2)12-27-15-20)16-37(33,34)19(4)24(35-5)25-28-13-18(3)14-29-25/h11-15,19,21-22,24H,6-10,16H2,1-5H3/t19-,21+,22+,24-/m0/s1. The van der Waals surface area contributed by atoms with E-state index in [-0.39, 0.29) is 17.9 Å². The van der Waals surface area contributed by atoms with Crippen molar-refractivity contribution in [2.45, 2.75) is 82.6 Å². The van der Waals surface area contributed by atoms with Crippen molar-refractivity contribution in [1.29, 1.82) is 0 Å². The maximum Gasteiger partial charge on any atom is 0.165 e. The minimum Gasteiger partial charge on any atom is -0.376 e. The zero-order valence-corrected chi connectivity index (χ0v) is 23.0. The third-order valence-electron chi connectivity index (χ3n) is 6.93. The van der Waals surface area contributed by atoms with Crippen LogP contribution < -0.4 is 0 Å². The lowest BCUT2D eigenvalue weighted by Gasteiger charge is -2.32. The van der Waals surface area contributed by atoms with Crippen molar-refractivity contribution < 1.29 is 17.9 Å². The summed E-state index contributed by atoms with van der Waals surface area (Å²) in [4.78, 5) is 12.9. The second-order valence-corrected chi connectivity index (χ2v) is 12.1. The van der Waals surface area contributed by atoms with Gasteiger partial charge in [0, 0.05) is 44.1 Å². The van der Waals surface area contributed by atoms with Gasteiger partial charge in [-0.15, -0.1) is 10.2 Å². The van der Waals surface area contributed by atoms with Crippen LogP contribution in [0.4, 0.5) is 0 Å². The summed E-state index contributed by atoms with van der Waals surface area (Å²) in [7, 11) is -2.27. The highest BCUT2D eigenvalue weighted by atomic mass is 32.2. The number of nitrogens with zero attached hydrogens (tertiary/aromatic N) is 6. The Bertz CT molecular complexity index is 1290. The van der Waals surface area contributed by atoms with Crippen molar-refractivity contribution in [2.75, 3.05) is 13.7 Å². The van der Waals surface area contributed by atoms with E-state index in [2.05, 4.69) is 32.1 Å². The fourth-order valence-electron chi connectivity index (χ4n) is 4.88. The second-order valence-electron chi connectivity index (χ2n) is 9.73. The molecule has 0 aliphatic carbocycles. The number of hydrogen-bond acceptors (Lipinski definition) is 9. The summed E-state index contributed by atoms with van der Waals surface area (Å²) in [6.07, 6.45) is 9.71. The normalized spacial score (nSPS) is 18.9. The van der Waals surface area contributed by atoms with Gasteiger partial charge in [-0.05, 0) is 63.6 Å². The molecule has 4 atom stereocenters. The van der Waals surface area contributed by atoms with Crippen LogP contribution in [0.1, 0.15) is 74.5 Å². The summed E-state index contributed by atoms with van der Waals surface area (Å²) in [6, 6.07) is 1.88. The zero-order chi connectivity index (χ0) is 26.6. The van der Waals surface area contributed by atoms with Gasteiger partial charge >= 0.3 is 0 Å². The van der Waals surface area contributed by atoms with Crippen molar-refractivity contribution in [3.8, 4) is 11.4 Å². The number of methoxy groups -OCH3 is 1. The molecule has 0 aromatic carbocycles. The summed E-state index contributed by atoms with van der Waals surface area (Å²) < 4.78 is 41.1. The molecule has 1 fully saturated rings. The van der Waals surface area contributed by atoms with Crippen LogP contribution in [0, 0.1) is 13.8 Å². The molecule has 200 valence electrons. The smallest absolute Gasteiger partial charge is 0.165 e. The van der Waals surface area contributed by atoms with Crippen LogP contribution in [0.15, 0.2) is 30.9 Å². The Hall–Kier alpha value is -2.76. The molecule has 0 saturated carbocycles. The van der Waals surface area contributed by atoms with E-state index in [1.54, 1.807) is 31.7 Å². The average Bonchev–Trinajstić information content (AvgIpc) is 3.29. The fourth-order valence-corrected chi connectivity index (χ4v) is 6.31. The van der Waals surface area contributed by atoms with Crippen LogP contribution >= 0.6 is 0 Å². The molecule has 3 aromatic heterocycles. The van der Waals surface area contributed by atoms with Crippen molar-refractivity contribution in [1.82, 2.24) is 29.7 Å². The number of aryl methyl sites for hydroxylation is 2. The molecule has 10 nitrogen and oxygen atoms in total. The Kier molecular flexibility index (Phi) is 8.66. The van der Waals surface area contributed by atoms with Gasteiger partial charge < -0.3 is 14.0 Å². The van der Waals surface area contributed by atoms with Crippen LogP contribution in [0.3, 0.4) is 0 Å². The molecule has 37 heavy (non-hydrogen) atoms. The highest BCUT2D eigenvalue weighted by Crippen LogP contribution is 2.33. The maximum absolute atomic E-state index is 13.7. The number of ether oxygens (including phenoxy) is 2. The Morgan fingerprint density at radius 2 is 1.86 bits per heavy atom. The maximum atomic E-state index is 13.7. The topological polar surface area (TPSA) is 122 Å². The van der Waals surface area contributed by atoms with Gasteiger partial charge in [-0.25, -0.2) is 18.4 Å². The molecular weight excluding hydrogens is 492 g/mol. The molecule has 0 spiro atoms. The van der Waals surface area contributed by atoms with E-state index in [0.717, 1.165) is 42.4 Å². The van der Waals surface area contributed by atoms with E-state index in [1.807, 2.05) is 24.5 Å². The highest BCUT2D eigenvalue weighted by Gasteiger charge is 2.36. The SMILES string of the molecule is CC[C@H]([C@H]1CCCCO1)n1c(CS(=O)(=O)[C@@H](C)[C@H](OC)c2ncc(C)cn2)nnc1-c1cncc(C)c1. The number of aromatic nitrogens is 6. The molecule has 4 heterocycles. The van der Waals surface area contributed by atoms with Crippen molar-refractivity contribution in [2.24, 2.45) is 0 Å². The van der Waals surface area contributed by atoms with E-state index in [4.69, 9.17) is 9.47 Å². The lowest BCUT2D eigenvalue weighted by atomic mass is 9.99. The molecule has 1 aliphatic rings. The molecule has 0 unspecified atom stereocenters. The highest BCUT2D eigenvalue weighted by molar-refractivity contribution is 7.91. The Labute approximate surface area is 218 Å². The van der Waals surface area contributed by atoms with E-state index in [1.165, 1.54) is 7.11 Å². The Morgan fingerprint density at radius 1 is 1.11 bits per heavy atom. The molecule has 0 bridgehead atoms. The van der Waals surface area contributed by atoms with Crippen molar-refractivity contribution in [3.05, 3.63) is 53.6 Å². The average molecular weight is 529 g/mol. The van der Waals surface area contributed by atoms with Gasteiger partial charge in [0.15, 0.2) is 21.5 Å². The minimum atomic E-state index is -3.74. The van der Waals surface area contributed by atoms with Crippen LogP contribution in [0.2, 0.25) is 0 Å². The summed E-state index contributed by atoms with van der Waals surface area (Å²) in [6.45, 7) is 8.24. The molecule has 0 radical (unpaired) electrons. The molecule has 1 saturated heterocycles. The number of pyridine rings is 1. The predicted molar refractivity (Wildman–Crippen MR) is 140 cm³/mol. The summed E-state index contributed by atoms with van der Waals surface area (Å²) in [5, 5.41) is 7.96. The Morgan fingerprint density at radius 3 is 2.49 bits per heavy atom. The first kappa shape index (κ1) is 27.3. The summed E-state index contributed by atoms with van der Waals surface area (Å²) in [5.41, 5.74) is 2.66. The first-order valence-corrected chi connectivity index (χ1v) is 14.5. The minimum absolute atomic E-state index is 0.0437. The van der Waals surface area contributed by atoms with E-state index in [9.17, 15) is 8.42 Å². The summed E-state index contributed by atoms with van der Waals surface area (Å²) in [5.74, 6) is 1.01. The largest absolute Gasteiger partial charge is 0.376 e. The van der Waals surface area contributed by atoms with E-state index >= 15 is 0 Å². The van der Waals surface area contributed by atoms with E-state index < -0.39 is 21.2 Å². The lowest BCUT2D eigenvalue weighted by molar-refractivity contribution is -0.0179. The lowest BCUT2D eigenvalue weighted by Crippen LogP contribution is -2.33. The van der Waals surface area contributed by atoms with Gasteiger partial charge in [0.1, 0.15) is 17.7 Å². The second kappa shape index (κ2) is 11.7. The molecule has 3 aromatic rings. The van der Waals surface area contributed by atoms with Gasteiger partial charge in [0.05, 0.1) is 17.4 Å². The van der Waals surface area contributed by atoms with Crippen LogP contribution in [0.5, 0.6) is 0 Å². The monoisotopic (exact) mass is 528 g/mol. The molecule has 0 N–H and O–H groups in total. The molecule has 4 rings (SSSR count). The van der Waals surface area contributed by atoms with Gasteiger partial charge in [-0.2, -0.15) is 0 Å². The number of rotatable bonds is 10. The first-order chi connectivity index (χ1) is 17.7. The number of hydrogen-bond donors (Lipinski definition) is 0. The van der Waals surface area contributed by atoms with Gasteiger partial charge in [-0.1, -0.05) is 6.92 Å². The zero-order valence-electron chi connectivity index (χ0n) is 22.2. The van der Waals surface area contributed by atoms with Gasteiger partial charge in [0.2, 0.25) is 0 Å². The summed E-state index contributed by atoms with van der Waals surface area (Å²) >= 11 is 0. The van der Waals surface area contributed by atoms with Crippen molar-refractivity contribution in [3.63, 3.8) is 0 Å². The van der Waals surface area contributed by atoms with Crippen molar-refractivity contribution >= 4 is 9.84 Å². The fraction of sp³-hybridized carbons (Fsp3) is 0.577. The number of sulfone groups is 1. The quantitative estimate of drug-likeness (QED) is 0.385. The third kappa shape index (κ3) is 6.05. The van der Waals surface area contributed by atoms with Crippen LogP contribution in [-0.2, 0) is 25.1 Å². The molecular formula is C26H36N6O4S. The van der Waals surface area contributed by atoms with Gasteiger partial charge in [-0.3, -0.25) is 4.98 Å². The van der Waals surface area contributed by atoms with Crippen LogP contribution in [0.25, 0.3) is 11.4 Å². The molecule has 0 amide bonds. The Balaban J connectivity index is 1.73. The predicted octanol–water partition coefficient (Wildman–Crippen LogP) is 3.96. The van der Waals surface area contributed by atoms with E-state index in [0.29, 0.717) is 24.1 Å². The first-order valence-electron chi connectivity index (χ1n) is 12.8. The third-order valence-corrected chi connectivity index (χ3v) is 8.97.